The highest BCUT2D eigenvalue weighted by Gasteiger charge is 2.43. The van der Waals surface area contributed by atoms with Crippen LogP contribution in [0.3, 0.4) is 0 Å². The van der Waals surface area contributed by atoms with Crippen LogP contribution in [0.1, 0.15) is 52.4 Å². The lowest BCUT2D eigenvalue weighted by molar-refractivity contribution is -0.212. The Hall–Kier alpha value is -3.62. The van der Waals surface area contributed by atoms with Gasteiger partial charge in [0.25, 0.3) is 0 Å². The van der Waals surface area contributed by atoms with Crippen LogP contribution in [-0.4, -0.2) is 74.6 Å². The molecule has 0 N–H and O–H groups in total. The van der Waals surface area contributed by atoms with Gasteiger partial charge in [-0.25, -0.2) is 9.97 Å². The van der Waals surface area contributed by atoms with E-state index in [0.717, 1.165) is 0 Å². The molecule has 0 amide bonds. The zero-order chi connectivity index (χ0) is 28.1. The van der Waals surface area contributed by atoms with Gasteiger partial charge in [0.15, 0.2) is 6.10 Å². The number of hydrogen-bond donors (Lipinski definition) is 0. The minimum atomic E-state index is -0.915. The molecule has 1 saturated heterocycles. The average molecular weight is 575 g/mol. The van der Waals surface area contributed by atoms with Crippen molar-refractivity contribution >= 4 is 46.4 Å². The van der Waals surface area contributed by atoms with E-state index in [2.05, 4.69) is 19.9 Å². The van der Waals surface area contributed by atoms with Crippen molar-refractivity contribution in [2.24, 2.45) is 0 Å². The van der Waals surface area contributed by atoms with Gasteiger partial charge < -0.3 is 18.9 Å². The van der Waals surface area contributed by atoms with Crippen LogP contribution in [-0.2, 0) is 39.8 Å². The average Bonchev–Trinajstić information content (AvgIpc) is 3.51. The van der Waals surface area contributed by atoms with Crippen LogP contribution >= 0.6 is 22.7 Å². The van der Waals surface area contributed by atoms with E-state index in [0.29, 0.717) is 31.2 Å². The van der Waals surface area contributed by atoms with E-state index in [9.17, 15) is 19.2 Å². The molecule has 0 unspecified atom stereocenters. The minimum Gasteiger partial charge on any atom is -0.463 e. The summed E-state index contributed by atoms with van der Waals surface area (Å²) < 4.78 is 22.1. The lowest BCUT2D eigenvalue weighted by atomic mass is 9.95. The molecular weight excluding hydrogens is 548 g/mol. The van der Waals surface area contributed by atoms with E-state index in [-0.39, 0.29) is 25.2 Å². The first-order valence-electron chi connectivity index (χ1n) is 12.0. The van der Waals surface area contributed by atoms with Crippen LogP contribution in [0.2, 0.25) is 0 Å². The molecule has 0 bridgehead atoms. The number of carbonyl (C=O) groups excluding carboxylic acids is 4. The van der Waals surface area contributed by atoms with Crippen LogP contribution in [0.4, 0.5) is 0 Å². The summed E-state index contributed by atoms with van der Waals surface area (Å²) in [6.07, 6.45) is 3.41. The number of aromatic nitrogens is 4. The van der Waals surface area contributed by atoms with Crippen LogP contribution in [0.5, 0.6) is 0 Å². The zero-order valence-electron chi connectivity index (χ0n) is 21.6. The van der Waals surface area contributed by atoms with E-state index in [1.807, 2.05) is 0 Å². The first-order valence-corrected chi connectivity index (χ1v) is 13.6. The van der Waals surface area contributed by atoms with Crippen molar-refractivity contribution in [3.8, 4) is 10.7 Å². The molecule has 1 aliphatic rings. The van der Waals surface area contributed by atoms with Gasteiger partial charge in [-0.2, -0.15) is 0 Å². The summed E-state index contributed by atoms with van der Waals surface area (Å²) in [6.45, 7) is 5.48. The van der Waals surface area contributed by atoms with Gasteiger partial charge in [0.2, 0.25) is 5.78 Å². The molecule has 4 rings (SSSR count). The molecule has 206 valence electrons. The van der Waals surface area contributed by atoms with Gasteiger partial charge in [-0.15, -0.1) is 22.7 Å². The molecule has 0 aromatic carbocycles. The number of nitrogens with zero attached hydrogens (tertiary/aromatic N) is 4. The maximum Gasteiger partial charge on any atom is 0.303 e. The van der Waals surface area contributed by atoms with Crippen molar-refractivity contribution in [3.63, 3.8) is 0 Å². The van der Waals surface area contributed by atoms with Gasteiger partial charge in [0, 0.05) is 52.2 Å². The Morgan fingerprint density at radius 3 is 2.44 bits per heavy atom. The second-order valence-corrected chi connectivity index (χ2v) is 10.8. The topological polar surface area (TPSA) is 157 Å². The highest BCUT2D eigenvalue weighted by Crippen LogP contribution is 2.32. The predicted molar refractivity (Wildman–Crippen MR) is 138 cm³/mol. The Labute approximate surface area is 231 Å². The summed E-state index contributed by atoms with van der Waals surface area (Å²) in [7, 11) is 0. The number of aryl methyl sites for hydroxylation is 1. The molecule has 12 nitrogen and oxygen atoms in total. The van der Waals surface area contributed by atoms with Gasteiger partial charge in [0.05, 0.1) is 32.8 Å². The second kappa shape index (κ2) is 12.5. The standard InChI is InChI=1S/C25H26N4O8S2/c1-12-24(39-25(29-12)17-9-26-5-6-27-17)22(33)20-10-28-21(38-20)8-19-23(36-15(4)32)18(35-14(3)31)7-16(37-19)11-34-13(2)30/h5-6,9-10,16,18-19,23H,7-8,11H2,1-4H3/t16-,18-,19+,23-/m0/s1. The summed E-state index contributed by atoms with van der Waals surface area (Å²) in [5.74, 6) is -1.83. The number of esters is 3. The van der Waals surface area contributed by atoms with Crippen molar-refractivity contribution in [1.29, 1.82) is 0 Å². The molecule has 0 saturated carbocycles. The maximum absolute atomic E-state index is 13.3. The number of ketones is 1. The summed E-state index contributed by atoms with van der Waals surface area (Å²) in [6, 6.07) is 0. The van der Waals surface area contributed by atoms with E-state index in [4.69, 9.17) is 18.9 Å². The SMILES string of the molecule is CC(=O)OC[C@@H]1C[C@H](OC(C)=O)[C@H](OC(C)=O)[C@@H](Cc2ncc(C(=O)c3sc(-c4cnccn4)nc3C)s2)O1. The molecule has 0 spiro atoms. The zero-order valence-corrected chi connectivity index (χ0v) is 23.2. The van der Waals surface area contributed by atoms with Gasteiger partial charge >= 0.3 is 17.9 Å². The number of rotatable bonds is 9. The molecule has 4 atom stereocenters. The van der Waals surface area contributed by atoms with Gasteiger partial charge in [-0.3, -0.25) is 29.1 Å². The summed E-state index contributed by atoms with van der Waals surface area (Å²) in [4.78, 5) is 66.3. The molecule has 3 aromatic rings. The third-order valence-electron chi connectivity index (χ3n) is 5.63. The fourth-order valence-corrected chi connectivity index (χ4v) is 6.04. The molecular formula is C25H26N4O8S2. The van der Waals surface area contributed by atoms with Gasteiger partial charge in [-0.05, 0) is 6.92 Å². The van der Waals surface area contributed by atoms with Crippen LogP contribution in [0, 0.1) is 6.92 Å². The highest BCUT2D eigenvalue weighted by atomic mass is 32.1. The van der Waals surface area contributed by atoms with Crippen LogP contribution in [0.15, 0.2) is 24.8 Å². The molecule has 4 heterocycles. The fraction of sp³-hybridized carbons (Fsp3) is 0.440. The molecule has 3 aromatic heterocycles. The normalized spacial score (nSPS) is 20.7. The third-order valence-corrected chi connectivity index (χ3v) is 7.82. The molecule has 14 heteroatoms. The lowest BCUT2D eigenvalue weighted by Gasteiger charge is -2.40. The van der Waals surface area contributed by atoms with Crippen molar-refractivity contribution in [3.05, 3.63) is 45.2 Å². The summed E-state index contributed by atoms with van der Waals surface area (Å²) >= 11 is 2.40. The number of hydrogen-bond acceptors (Lipinski definition) is 14. The summed E-state index contributed by atoms with van der Waals surface area (Å²) in [5.41, 5.74) is 1.15. The maximum atomic E-state index is 13.3. The number of thiazole rings is 2. The third kappa shape index (κ3) is 7.28. The smallest absolute Gasteiger partial charge is 0.303 e. The molecule has 0 aliphatic carbocycles. The highest BCUT2D eigenvalue weighted by molar-refractivity contribution is 7.19. The van der Waals surface area contributed by atoms with Crippen molar-refractivity contribution in [2.75, 3.05) is 6.61 Å². The van der Waals surface area contributed by atoms with Gasteiger partial charge in [0.1, 0.15) is 29.5 Å². The lowest BCUT2D eigenvalue weighted by Crippen LogP contribution is -2.53. The molecule has 0 radical (unpaired) electrons. The van der Waals surface area contributed by atoms with Crippen molar-refractivity contribution in [1.82, 2.24) is 19.9 Å². The molecule has 1 aliphatic heterocycles. The largest absolute Gasteiger partial charge is 0.463 e. The Bertz CT molecular complexity index is 1360. The Morgan fingerprint density at radius 2 is 1.77 bits per heavy atom. The minimum absolute atomic E-state index is 0.0588. The Morgan fingerprint density at radius 1 is 1.00 bits per heavy atom. The van der Waals surface area contributed by atoms with E-state index in [1.165, 1.54) is 49.6 Å². The predicted octanol–water partition coefficient (Wildman–Crippen LogP) is 2.72. The Balaban J connectivity index is 1.54. The van der Waals surface area contributed by atoms with Crippen LogP contribution < -0.4 is 0 Å². The van der Waals surface area contributed by atoms with Crippen molar-refractivity contribution in [2.45, 2.75) is 65.0 Å². The molecule has 1 fully saturated rings. The van der Waals surface area contributed by atoms with Crippen molar-refractivity contribution < 1.29 is 38.1 Å². The Kier molecular flexibility index (Phi) is 9.09. The van der Waals surface area contributed by atoms with E-state index >= 15 is 0 Å². The van der Waals surface area contributed by atoms with E-state index < -0.39 is 42.3 Å². The second-order valence-electron chi connectivity index (χ2n) is 8.73. The quantitative estimate of drug-likeness (QED) is 0.209. The number of carbonyl (C=O) groups is 4. The number of ether oxygens (including phenoxy) is 4. The van der Waals surface area contributed by atoms with E-state index in [1.54, 1.807) is 25.5 Å². The monoisotopic (exact) mass is 574 g/mol. The summed E-state index contributed by atoms with van der Waals surface area (Å²) in [5, 5.41) is 1.13. The van der Waals surface area contributed by atoms with Gasteiger partial charge in [-0.1, -0.05) is 0 Å². The van der Waals surface area contributed by atoms with Crippen LogP contribution in [0.25, 0.3) is 10.7 Å². The fourth-order valence-electron chi connectivity index (χ4n) is 4.09. The first-order chi connectivity index (χ1) is 18.6. The molecule has 39 heavy (non-hydrogen) atoms. The first kappa shape index (κ1) is 28.4.